The van der Waals surface area contributed by atoms with Gasteiger partial charge in [0.2, 0.25) is 0 Å². The van der Waals surface area contributed by atoms with Crippen molar-refractivity contribution in [3.8, 4) is 0 Å². The van der Waals surface area contributed by atoms with E-state index in [1.54, 1.807) is 12.3 Å². The zero-order valence-electron chi connectivity index (χ0n) is 7.29. The maximum absolute atomic E-state index is 11.6. The molecule has 0 bridgehead atoms. The molecular weight excluding hydrogens is 199 g/mol. The van der Waals surface area contributed by atoms with Crippen LogP contribution in [-0.2, 0) is 11.3 Å². The Morgan fingerprint density at radius 1 is 1.50 bits per heavy atom. The normalized spacial score (nSPS) is 11.9. The first-order valence-electron chi connectivity index (χ1n) is 3.91. The van der Waals surface area contributed by atoms with E-state index in [1.165, 1.54) is 4.68 Å². The van der Waals surface area contributed by atoms with Crippen LogP contribution in [0, 0.1) is 0 Å². The maximum Gasteiger partial charge on any atom is 0.411 e. The smallest absolute Gasteiger partial charge is 0.382 e. The Balaban J connectivity index is 2.16. The van der Waals surface area contributed by atoms with Gasteiger partial charge in [-0.2, -0.15) is 18.3 Å². The summed E-state index contributed by atoms with van der Waals surface area (Å²) in [6, 6.07) is 1.56. The highest BCUT2D eigenvalue weighted by Gasteiger charge is 2.27. The molecule has 0 spiro atoms. The summed E-state index contributed by atoms with van der Waals surface area (Å²) >= 11 is 0. The van der Waals surface area contributed by atoms with Crippen molar-refractivity contribution < 1.29 is 17.9 Å². The summed E-state index contributed by atoms with van der Waals surface area (Å²) in [6.45, 7) is -1.02. The number of nitrogen functional groups attached to an aromatic ring is 1. The number of anilines is 1. The third kappa shape index (κ3) is 4.13. The number of ether oxygens (including phenoxy) is 1. The number of nitrogens with zero attached hydrogens (tertiary/aromatic N) is 2. The van der Waals surface area contributed by atoms with E-state index in [1.807, 2.05) is 0 Å². The second kappa shape index (κ2) is 4.32. The van der Waals surface area contributed by atoms with Crippen LogP contribution in [-0.4, -0.2) is 29.2 Å². The Kier molecular flexibility index (Phi) is 3.34. The molecule has 0 aliphatic carbocycles. The molecule has 1 aromatic heterocycles. The van der Waals surface area contributed by atoms with Crippen LogP contribution in [0.5, 0.6) is 0 Å². The summed E-state index contributed by atoms with van der Waals surface area (Å²) in [5.41, 5.74) is 5.30. The molecule has 0 aliphatic rings. The third-order valence-corrected chi connectivity index (χ3v) is 1.39. The molecule has 0 saturated carbocycles. The van der Waals surface area contributed by atoms with Gasteiger partial charge in [0.25, 0.3) is 0 Å². The number of halogens is 3. The predicted molar refractivity (Wildman–Crippen MR) is 43.5 cm³/mol. The van der Waals surface area contributed by atoms with Gasteiger partial charge in [-0.1, -0.05) is 0 Å². The van der Waals surface area contributed by atoms with Gasteiger partial charge in [-0.15, -0.1) is 0 Å². The maximum atomic E-state index is 11.6. The van der Waals surface area contributed by atoms with Gasteiger partial charge < -0.3 is 10.5 Å². The largest absolute Gasteiger partial charge is 0.411 e. The van der Waals surface area contributed by atoms with E-state index in [4.69, 9.17) is 5.73 Å². The first kappa shape index (κ1) is 10.8. The molecule has 0 aromatic carbocycles. The summed E-state index contributed by atoms with van der Waals surface area (Å²) in [5, 5.41) is 3.78. The summed E-state index contributed by atoms with van der Waals surface area (Å²) in [7, 11) is 0. The molecule has 14 heavy (non-hydrogen) atoms. The van der Waals surface area contributed by atoms with Crippen LogP contribution in [0.4, 0.5) is 19.0 Å². The Hall–Kier alpha value is -1.24. The summed E-state index contributed by atoms with van der Waals surface area (Å²) in [4.78, 5) is 0. The van der Waals surface area contributed by atoms with Crippen LogP contribution < -0.4 is 5.73 Å². The van der Waals surface area contributed by atoms with Crippen LogP contribution in [0.3, 0.4) is 0 Å². The topological polar surface area (TPSA) is 53.1 Å². The number of hydrogen-bond donors (Lipinski definition) is 1. The molecule has 0 saturated heterocycles. The molecule has 7 heteroatoms. The Bertz CT molecular complexity index is 284. The van der Waals surface area contributed by atoms with Crippen molar-refractivity contribution in [3.05, 3.63) is 12.3 Å². The van der Waals surface area contributed by atoms with Crippen molar-refractivity contribution in [2.24, 2.45) is 0 Å². The lowest BCUT2D eigenvalue weighted by molar-refractivity contribution is -0.174. The fraction of sp³-hybridized carbons (Fsp3) is 0.571. The second-order valence-electron chi connectivity index (χ2n) is 2.67. The molecule has 1 aromatic rings. The van der Waals surface area contributed by atoms with Gasteiger partial charge in [0.1, 0.15) is 12.4 Å². The Morgan fingerprint density at radius 3 is 2.71 bits per heavy atom. The van der Waals surface area contributed by atoms with Crippen molar-refractivity contribution in [3.63, 3.8) is 0 Å². The second-order valence-corrected chi connectivity index (χ2v) is 2.67. The van der Waals surface area contributed by atoms with E-state index >= 15 is 0 Å². The third-order valence-electron chi connectivity index (χ3n) is 1.39. The van der Waals surface area contributed by atoms with Crippen LogP contribution in [0.15, 0.2) is 12.3 Å². The Morgan fingerprint density at radius 2 is 2.21 bits per heavy atom. The van der Waals surface area contributed by atoms with E-state index in [9.17, 15) is 13.2 Å². The van der Waals surface area contributed by atoms with Crippen molar-refractivity contribution in [2.75, 3.05) is 18.9 Å². The van der Waals surface area contributed by atoms with Crippen molar-refractivity contribution in [1.29, 1.82) is 0 Å². The van der Waals surface area contributed by atoms with Crippen molar-refractivity contribution >= 4 is 5.82 Å². The fourth-order valence-corrected chi connectivity index (χ4v) is 0.848. The number of nitrogens with two attached hydrogens (primary N) is 1. The highest BCUT2D eigenvalue weighted by molar-refractivity contribution is 5.23. The molecule has 1 heterocycles. The van der Waals surface area contributed by atoms with Gasteiger partial charge in [0.05, 0.1) is 13.2 Å². The quantitative estimate of drug-likeness (QED) is 0.754. The van der Waals surface area contributed by atoms with E-state index in [0.29, 0.717) is 5.82 Å². The number of rotatable bonds is 4. The van der Waals surface area contributed by atoms with Gasteiger partial charge in [-0.05, 0) is 6.07 Å². The highest BCUT2D eigenvalue weighted by atomic mass is 19.4. The molecule has 0 amide bonds. The van der Waals surface area contributed by atoms with Crippen LogP contribution in [0.2, 0.25) is 0 Å². The standard InChI is InChI=1S/C7H10F3N3O/c8-7(9,10)5-14-4-3-13-2-1-6(11)12-13/h1-2H,3-5H2,(H2,11,12). The van der Waals surface area contributed by atoms with E-state index in [-0.39, 0.29) is 13.2 Å². The molecule has 4 nitrogen and oxygen atoms in total. The van der Waals surface area contributed by atoms with E-state index in [0.717, 1.165) is 0 Å². The van der Waals surface area contributed by atoms with Gasteiger partial charge in [-0.25, -0.2) is 0 Å². The molecule has 0 unspecified atom stereocenters. The summed E-state index contributed by atoms with van der Waals surface area (Å²) < 4.78 is 40.7. The fourth-order valence-electron chi connectivity index (χ4n) is 0.848. The average molecular weight is 209 g/mol. The van der Waals surface area contributed by atoms with Gasteiger partial charge in [-0.3, -0.25) is 4.68 Å². The first-order valence-corrected chi connectivity index (χ1v) is 3.91. The van der Waals surface area contributed by atoms with Crippen molar-refractivity contribution in [1.82, 2.24) is 9.78 Å². The zero-order valence-corrected chi connectivity index (χ0v) is 7.29. The van der Waals surface area contributed by atoms with Gasteiger partial charge >= 0.3 is 6.18 Å². The molecule has 0 fully saturated rings. The first-order chi connectivity index (χ1) is 6.47. The Labute approximate surface area is 78.4 Å². The van der Waals surface area contributed by atoms with E-state index < -0.39 is 12.8 Å². The van der Waals surface area contributed by atoms with Gasteiger partial charge in [0, 0.05) is 6.20 Å². The van der Waals surface area contributed by atoms with Crippen LogP contribution in [0.25, 0.3) is 0 Å². The lowest BCUT2D eigenvalue weighted by Gasteiger charge is -2.07. The SMILES string of the molecule is Nc1ccn(CCOCC(F)(F)F)n1. The summed E-state index contributed by atoms with van der Waals surface area (Å²) in [5.74, 6) is 0.334. The van der Waals surface area contributed by atoms with Crippen LogP contribution in [0.1, 0.15) is 0 Å². The minimum absolute atomic E-state index is 0.0410. The monoisotopic (exact) mass is 209 g/mol. The highest BCUT2D eigenvalue weighted by Crippen LogP contribution is 2.14. The molecule has 2 N–H and O–H groups in total. The lowest BCUT2D eigenvalue weighted by atomic mass is 10.6. The molecule has 0 atom stereocenters. The molecule has 1 rings (SSSR count). The zero-order chi connectivity index (χ0) is 10.6. The number of hydrogen-bond acceptors (Lipinski definition) is 3. The van der Waals surface area contributed by atoms with E-state index in [2.05, 4.69) is 9.84 Å². The minimum Gasteiger partial charge on any atom is -0.382 e. The molecular formula is C7H10F3N3O. The molecule has 80 valence electrons. The van der Waals surface area contributed by atoms with Crippen molar-refractivity contribution in [2.45, 2.75) is 12.7 Å². The predicted octanol–water partition coefficient (Wildman–Crippen LogP) is 1.04. The van der Waals surface area contributed by atoms with Gasteiger partial charge in [0.15, 0.2) is 0 Å². The minimum atomic E-state index is -4.27. The lowest BCUT2D eigenvalue weighted by Crippen LogP contribution is -2.19. The number of alkyl halides is 3. The number of aromatic nitrogens is 2. The average Bonchev–Trinajstić information content (AvgIpc) is 2.44. The van der Waals surface area contributed by atoms with Crippen LogP contribution >= 0.6 is 0 Å². The molecule has 0 radical (unpaired) electrons. The molecule has 0 aliphatic heterocycles. The summed E-state index contributed by atoms with van der Waals surface area (Å²) in [6.07, 6.45) is -2.70.